The lowest BCUT2D eigenvalue weighted by atomic mass is 9.88. The Labute approximate surface area is 130 Å². The summed E-state index contributed by atoms with van der Waals surface area (Å²) in [6, 6.07) is 0. The van der Waals surface area contributed by atoms with Gasteiger partial charge in [0.05, 0.1) is 19.8 Å². The number of hydrogen-bond acceptors (Lipinski definition) is 3. The summed E-state index contributed by atoms with van der Waals surface area (Å²) in [6.45, 7) is 1.78. The fourth-order valence-corrected chi connectivity index (χ4v) is 3.76. The summed E-state index contributed by atoms with van der Waals surface area (Å²) in [7, 11) is 0. The number of halogens is 3. The molecule has 0 aromatic carbocycles. The first-order valence-corrected chi connectivity index (χ1v) is 8.76. The lowest BCUT2D eigenvalue weighted by molar-refractivity contribution is -0.111. The minimum Gasteiger partial charge on any atom is -0.377 e. The van der Waals surface area contributed by atoms with Gasteiger partial charge in [0.25, 0.3) is 0 Å². The van der Waals surface area contributed by atoms with Gasteiger partial charge in [-0.1, -0.05) is 31.9 Å². The Morgan fingerprint density at radius 2 is 2.06 bits per heavy atom. The molecular formula is C12H19Br2ClO3. The highest BCUT2D eigenvalue weighted by atomic mass is 79.9. The maximum atomic E-state index is 5.90. The summed E-state index contributed by atoms with van der Waals surface area (Å²) in [4.78, 5) is 1.08. The van der Waals surface area contributed by atoms with Crippen LogP contribution in [0.25, 0.3) is 0 Å². The normalized spacial score (nSPS) is 41.2. The van der Waals surface area contributed by atoms with Crippen molar-refractivity contribution in [2.24, 2.45) is 5.92 Å². The molecule has 1 saturated heterocycles. The monoisotopic (exact) mass is 404 g/mol. The molecule has 6 heteroatoms. The molecule has 1 heterocycles. The van der Waals surface area contributed by atoms with Gasteiger partial charge in [-0.2, -0.15) is 0 Å². The van der Waals surface area contributed by atoms with E-state index in [0.717, 1.165) is 19.3 Å². The second kappa shape index (κ2) is 7.79. The summed E-state index contributed by atoms with van der Waals surface area (Å²) < 4.78 is 17.0. The molecule has 0 bridgehead atoms. The van der Waals surface area contributed by atoms with Crippen molar-refractivity contribution in [3.8, 4) is 0 Å². The first-order chi connectivity index (χ1) is 8.70. The Kier molecular flexibility index (Phi) is 6.72. The predicted octanol–water partition coefficient (Wildman–Crippen LogP) is 3.31. The lowest BCUT2D eigenvalue weighted by Gasteiger charge is -2.32. The van der Waals surface area contributed by atoms with Crippen molar-refractivity contribution < 1.29 is 14.2 Å². The van der Waals surface area contributed by atoms with Gasteiger partial charge in [0.1, 0.15) is 6.10 Å². The minimum absolute atomic E-state index is 0.0605. The van der Waals surface area contributed by atoms with E-state index < -0.39 is 0 Å². The van der Waals surface area contributed by atoms with Crippen molar-refractivity contribution >= 4 is 43.5 Å². The fourth-order valence-electron chi connectivity index (χ4n) is 2.43. The van der Waals surface area contributed by atoms with Crippen LogP contribution >= 0.6 is 43.5 Å². The zero-order chi connectivity index (χ0) is 13.0. The molecule has 1 aliphatic heterocycles. The van der Waals surface area contributed by atoms with Crippen molar-refractivity contribution in [2.45, 2.75) is 41.3 Å². The van der Waals surface area contributed by atoms with Crippen LogP contribution in [0.15, 0.2) is 0 Å². The van der Waals surface area contributed by atoms with Crippen LogP contribution in [0.1, 0.15) is 19.3 Å². The smallest absolute Gasteiger partial charge is 0.161 e. The second-order valence-corrected chi connectivity index (χ2v) is 7.56. The Morgan fingerprint density at radius 3 is 2.78 bits per heavy atom. The first-order valence-electron chi connectivity index (χ1n) is 6.39. The van der Waals surface area contributed by atoms with Crippen LogP contribution in [0.2, 0.25) is 0 Å². The highest BCUT2D eigenvalue weighted by Crippen LogP contribution is 2.37. The van der Waals surface area contributed by atoms with E-state index in [1.165, 1.54) is 0 Å². The van der Waals surface area contributed by atoms with Gasteiger partial charge in [0, 0.05) is 21.5 Å². The van der Waals surface area contributed by atoms with Crippen LogP contribution in [0.3, 0.4) is 0 Å². The van der Waals surface area contributed by atoms with Crippen LogP contribution in [-0.4, -0.2) is 47.7 Å². The summed E-state index contributed by atoms with van der Waals surface area (Å²) >= 11 is 13.0. The van der Waals surface area contributed by atoms with Gasteiger partial charge >= 0.3 is 0 Å². The van der Waals surface area contributed by atoms with E-state index in [4.69, 9.17) is 25.8 Å². The highest BCUT2D eigenvalue weighted by Gasteiger charge is 2.37. The number of alkyl halides is 3. The topological polar surface area (TPSA) is 27.7 Å². The molecule has 3 nitrogen and oxygen atoms in total. The van der Waals surface area contributed by atoms with E-state index >= 15 is 0 Å². The van der Waals surface area contributed by atoms with Crippen LogP contribution in [0.5, 0.6) is 0 Å². The van der Waals surface area contributed by atoms with E-state index in [2.05, 4.69) is 31.9 Å². The molecule has 0 radical (unpaired) electrons. The Hall–Kier alpha value is 1.13. The van der Waals surface area contributed by atoms with Gasteiger partial charge in [-0.15, -0.1) is 11.6 Å². The SMILES string of the molecule is ClCCOC[C@@H]1CO[C@H]([C@@H]2CC[C@@H](Br)[C@@H](Br)C2)O1. The third-order valence-electron chi connectivity index (χ3n) is 3.42. The molecule has 1 saturated carbocycles. The molecule has 106 valence electrons. The summed E-state index contributed by atoms with van der Waals surface area (Å²) in [5, 5.41) is 0. The molecular weight excluding hydrogens is 387 g/mol. The van der Waals surface area contributed by atoms with Crippen LogP contribution < -0.4 is 0 Å². The van der Waals surface area contributed by atoms with Crippen LogP contribution in [-0.2, 0) is 14.2 Å². The van der Waals surface area contributed by atoms with Gasteiger partial charge < -0.3 is 14.2 Å². The zero-order valence-corrected chi connectivity index (χ0v) is 14.1. The Bertz CT molecular complexity index is 257. The quantitative estimate of drug-likeness (QED) is 0.518. The molecule has 0 aromatic rings. The molecule has 2 rings (SSSR count). The summed E-state index contributed by atoms with van der Waals surface area (Å²) in [5.74, 6) is 1.01. The van der Waals surface area contributed by atoms with Gasteiger partial charge in [-0.25, -0.2) is 0 Å². The Balaban J connectivity index is 1.71. The molecule has 1 aliphatic carbocycles. The fraction of sp³-hybridized carbons (Fsp3) is 1.00. The summed E-state index contributed by atoms with van der Waals surface area (Å²) in [6.07, 6.45) is 3.41. The standard InChI is InChI=1S/C12H19Br2ClO3/c13-10-2-1-8(5-11(10)14)12-17-7-9(18-12)6-16-4-3-15/h8-12H,1-7H2/t8-,9-,10-,11+,12+/m1/s1. The van der Waals surface area contributed by atoms with E-state index in [1.54, 1.807) is 0 Å². The van der Waals surface area contributed by atoms with Gasteiger partial charge in [-0.3, -0.25) is 0 Å². The molecule has 0 amide bonds. The lowest BCUT2D eigenvalue weighted by Crippen LogP contribution is -2.33. The molecule has 5 atom stereocenters. The number of ether oxygens (including phenoxy) is 3. The molecule has 0 spiro atoms. The van der Waals surface area contributed by atoms with Crippen LogP contribution in [0.4, 0.5) is 0 Å². The van der Waals surface area contributed by atoms with E-state index in [-0.39, 0.29) is 12.4 Å². The zero-order valence-electron chi connectivity index (χ0n) is 10.2. The largest absolute Gasteiger partial charge is 0.377 e. The Morgan fingerprint density at radius 1 is 1.22 bits per heavy atom. The average Bonchev–Trinajstić information content (AvgIpc) is 2.82. The molecule has 18 heavy (non-hydrogen) atoms. The third-order valence-corrected chi connectivity index (χ3v) is 6.39. The summed E-state index contributed by atoms with van der Waals surface area (Å²) in [5.41, 5.74) is 0. The second-order valence-electron chi connectivity index (χ2n) is 4.83. The maximum Gasteiger partial charge on any atom is 0.161 e. The van der Waals surface area contributed by atoms with Crippen molar-refractivity contribution in [1.29, 1.82) is 0 Å². The van der Waals surface area contributed by atoms with Gasteiger partial charge in [-0.05, 0) is 19.3 Å². The first kappa shape index (κ1) is 15.5. The number of hydrogen-bond donors (Lipinski definition) is 0. The van der Waals surface area contributed by atoms with E-state index in [0.29, 0.717) is 41.3 Å². The maximum absolute atomic E-state index is 5.90. The minimum atomic E-state index is -0.0605. The van der Waals surface area contributed by atoms with Gasteiger partial charge in [0.15, 0.2) is 6.29 Å². The van der Waals surface area contributed by atoms with Crippen molar-refractivity contribution in [3.63, 3.8) is 0 Å². The molecule has 2 aliphatic rings. The third kappa shape index (κ3) is 4.32. The van der Waals surface area contributed by atoms with Crippen molar-refractivity contribution in [1.82, 2.24) is 0 Å². The number of rotatable bonds is 5. The average molecular weight is 407 g/mol. The molecule has 2 fully saturated rings. The molecule has 0 aromatic heterocycles. The predicted molar refractivity (Wildman–Crippen MR) is 78.9 cm³/mol. The molecule has 0 N–H and O–H groups in total. The van der Waals surface area contributed by atoms with E-state index in [9.17, 15) is 0 Å². The van der Waals surface area contributed by atoms with E-state index in [1.807, 2.05) is 0 Å². The van der Waals surface area contributed by atoms with Crippen molar-refractivity contribution in [3.05, 3.63) is 0 Å². The highest BCUT2D eigenvalue weighted by molar-refractivity contribution is 9.12. The van der Waals surface area contributed by atoms with Crippen LogP contribution in [0, 0.1) is 5.92 Å². The van der Waals surface area contributed by atoms with Gasteiger partial charge in [0.2, 0.25) is 0 Å². The van der Waals surface area contributed by atoms with Crippen molar-refractivity contribution in [2.75, 3.05) is 25.7 Å². The molecule has 0 unspecified atom stereocenters.